The summed E-state index contributed by atoms with van der Waals surface area (Å²) in [5, 5.41) is 8.90. The lowest BCUT2D eigenvalue weighted by atomic mass is 9.73. The number of hydrogen-bond donors (Lipinski definition) is 1. The highest BCUT2D eigenvalue weighted by atomic mass is 16.2. The second-order valence-electron chi connectivity index (χ2n) is 5.09. The number of hydrogen-bond acceptors (Lipinski definition) is 1. The van der Waals surface area contributed by atoms with Gasteiger partial charge in [0.2, 0.25) is 0 Å². The lowest BCUT2D eigenvalue weighted by molar-refractivity contribution is 0.278. The third-order valence-electron chi connectivity index (χ3n) is 3.99. The average molecular weight is 208 g/mol. The van der Waals surface area contributed by atoms with Crippen LogP contribution in [-0.4, -0.2) is 11.7 Å². The Labute approximate surface area is 93.9 Å². The van der Waals surface area contributed by atoms with Gasteiger partial charge in [0.25, 0.3) is 0 Å². The Bertz CT molecular complexity index is 271. The first-order valence-corrected chi connectivity index (χ1v) is 5.97. The minimum absolute atomic E-state index is 0.302. The van der Waals surface area contributed by atoms with Gasteiger partial charge in [-0.05, 0) is 44.4 Å². The molecule has 86 valence electrons. The van der Waals surface area contributed by atoms with Gasteiger partial charge in [-0.15, -0.1) is 0 Å². The molecule has 0 amide bonds. The molecule has 0 aromatic heterocycles. The van der Waals surface area contributed by atoms with Crippen molar-refractivity contribution >= 4 is 0 Å². The molecular formula is C14H24O. The molecule has 1 aliphatic carbocycles. The molecule has 0 saturated heterocycles. The Kier molecular flexibility index (Phi) is 4.15. The molecule has 0 bridgehead atoms. The standard InChI is InChI=1S/C14H24O/c1-5-12(7-6-10-15)13-9-8-11(2)14(13,3)4/h5,8,13,15H,6-7,9-10H2,1-4H3/t13-/m0/s1. The van der Waals surface area contributed by atoms with E-state index in [1.807, 2.05) is 0 Å². The number of aliphatic hydroxyl groups excluding tert-OH is 1. The second kappa shape index (κ2) is 4.98. The van der Waals surface area contributed by atoms with Crippen molar-refractivity contribution in [1.29, 1.82) is 0 Å². The summed E-state index contributed by atoms with van der Waals surface area (Å²) in [4.78, 5) is 0. The highest BCUT2D eigenvalue weighted by molar-refractivity contribution is 5.26. The Morgan fingerprint density at radius 1 is 1.60 bits per heavy atom. The molecule has 0 heterocycles. The maximum Gasteiger partial charge on any atom is 0.0434 e. The van der Waals surface area contributed by atoms with E-state index in [4.69, 9.17) is 5.11 Å². The Hall–Kier alpha value is -0.560. The highest BCUT2D eigenvalue weighted by Gasteiger charge is 2.36. The lowest BCUT2D eigenvalue weighted by Crippen LogP contribution is -2.22. The first-order chi connectivity index (χ1) is 7.04. The summed E-state index contributed by atoms with van der Waals surface area (Å²) in [5.74, 6) is 0.647. The Morgan fingerprint density at radius 2 is 2.27 bits per heavy atom. The van der Waals surface area contributed by atoms with Crippen LogP contribution in [0.25, 0.3) is 0 Å². The SMILES string of the molecule is CC=C(CCCO)[C@@H]1CC=C(C)C1(C)C. The van der Waals surface area contributed by atoms with Crippen LogP contribution in [0.1, 0.15) is 47.0 Å². The molecule has 1 nitrogen and oxygen atoms in total. The van der Waals surface area contributed by atoms with E-state index in [9.17, 15) is 0 Å². The van der Waals surface area contributed by atoms with Crippen molar-refractivity contribution in [2.24, 2.45) is 11.3 Å². The summed E-state index contributed by atoms with van der Waals surface area (Å²) in [6.07, 6.45) is 7.72. The van der Waals surface area contributed by atoms with Gasteiger partial charge in [0.1, 0.15) is 0 Å². The smallest absolute Gasteiger partial charge is 0.0434 e. The predicted octanol–water partition coefficient (Wildman–Crippen LogP) is 3.70. The predicted molar refractivity (Wildman–Crippen MR) is 65.7 cm³/mol. The zero-order valence-corrected chi connectivity index (χ0v) is 10.5. The Balaban J connectivity index is 2.72. The Morgan fingerprint density at radius 3 is 2.67 bits per heavy atom. The van der Waals surface area contributed by atoms with E-state index in [-0.39, 0.29) is 0 Å². The normalized spacial score (nSPS) is 25.5. The van der Waals surface area contributed by atoms with Crippen molar-refractivity contribution in [1.82, 2.24) is 0 Å². The minimum Gasteiger partial charge on any atom is -0.396 e. The first kappa shape index (κ1) is 12.5. The summed E-state index contributed by atoms with van der Waals surface area (Å²) < 4.78 is 0. The van der Waals surface area contributed by atoms with Crippen LogP contribution in [0, 0.1) is 11.3 Å². The molecule has 0 aromatic carbocycles. The van der Waals surface area contributed by atoms with Gasteiger partial charge in [0.05, 0.1) is 0 Å². The van der Waals surface area contributed by atoms with E-state index >= 15 is 0 Å². The van der Waals surface area contributed by atoms with Crippen LogP contribution in [0.4, 0.5) is 0 Å². The molecule has 15 heavy (non-hydrogen) atoms. The molecule has 1 N–H and O–H groups in total. The monoisotopic (exact) mass is 208 g/mol. The highest BCUT2D eigenvalue weighted by Crippen LogP contribution is 2.47. The molecule has 1 aliphatic rings. The molecule has 0 spiro atoms. The van der Waals surface area contributed by atoms with Crippen LogP contribution >= 0.6 is 0 Å². The average Bonchev–Trinajstić information content (AvgIpc) is 2.45. The van der Waals surface area contributed by atoms with Crippen molar-refractivity contribution in [3.05, 3.63) is 23.3 Å². The van der Waals surface area contributed by atoms with Gasteiger partial charge >= 0.3 is 0 Å². The van der Waals surface area contributed by atoms with Crippen molar-refractivity contribution in [2.45, 2.75) is 47.0 Å². The van der Waals surface area contributed by atoms with Crippen molar-refractivity contribution in [3.8, 4) is 0 Å². The molecular weight excluding hydrogens is 184 g/mol. The van der Waals surface area contributed by atoms with E-state index in [0.717, 1.165) is 12.8 Å². The molecule has 0 aromatic rings. The number of rotatable bonds is 4. The van der Waals surface area contributed by atoms with Crippen LogP contribution < -0.4 is 0 Å². The zero-order valence-electron chi connectivity index (χ0n) is 10.5. The molecule has 0 radical (unpaired) electrons. The molecule has 1 atom stereocenters. The van der Waals surface area contributed by atoms with Gasteiger partial charge < -0.3 is 5.11 Å². The fourth-order valence-corrected chi connectivity index (χ4v) is 2.54. The minimum atomic E-state index is 0.302. The second-order valence-corrected chi connectivity index (χ2v) is 5.09. The van der Waals surface area contributed by atoms with Gasteiger partial charge in [-0.1, -0.05) is 37.1 Å². The van der Waals surface area contributed by atoms with E-state index in [0.29, 0.717) is 17.9 Å². The molecule has 0 unspecified atom stereocenters. The zero-order chi connectivity index (χ0) is 11.5. The van der Waals surface area contributed by atoms with Crippen molar-refractivity contribution in [3.63, 3.8) is 0 Å². The molecule has 1 rings (SSSR count). The van der Waals surface area contributed by atoms with E-state index in [1.165, 1.54) is 17.6 Å². The van der Waals surface area contributed by atoms with Crippen molar-refractivity contribution in [2.75, 3.05) is 6.61 Å². The van der Waals surface area contributed by atoms with Crippen LogP contribution in [0.15, 0.2) is 23.3 Å². The van der Waals surface area contributed by atoms with E-state index in [2.05, 4.69) is 39.8 Å². The lowest BCUT2D eigenvalue weighted by Gasteiger charge is -2.32. The van der Waals surface area contributed by atoms with E-state index in [1.54, 1.807) is 0 Å². The molecule has 1 heteroatoms. The topological polar surface area (TPSA) is 20.2 Å². The van der Waals surface area contributed by atoms with Crippen molar-refractivity contribution < 1.29 is 5.11 Å². The summed E-state index contributed by atoms with van der Waals surface area (Å²) in [6.45, 7) is 9.32. The number of aliphatic hydroxyl groups is 1. The van der Waals surface area contributed by atoms with Gasteiger partial charge in [-0.3, -0.25) is 0 Å². The van der Waals surface area contributed by atoms with Crippen LogP contribution in [0.2, 0.25) is 0 Å². The third-order valence-corrected chi connectivity index (χ3v) is 3.99. The van der Waals surface area contributed by atoms with Gasteiger partial charge in [0.15, 0.2) is 0 Å². The third kappa shape index (κ3) is 2.52. The van der Waals surface area contributed by atoms with Gasteiger partial charge in [0, 0.05) is 6.61 Å². The fraction of sp³-hybridized carbons (Fsp3) is 0.714. The molecule has 0 aliphatic heterocycles. The first-order valence-electron chi connectivity index (χ1n) is 5.97. The van der Waals surface area contributed by atoms with Crippen LogP contribution in [-0.2, 0) is 0 Å². The fourth-order valence-electron chi connectivity index (χ4n) is 2.54. The number of allylic oxidation sites excluding steroid dienone is 4. The van der Waals surface area contributed by atoms with E-state index < -0.39 is 0 Å². The maximum absolute atomic E-state index is 8.90. The van der Waals surface area contributed by atoms with Crippen LogP contribution in [0.3, 0.4) is 0 Å². The molecule has 0 saturated carbocycles. The van der Waals surface area contributed by atoms with Gasteiger partial charge in [-0.25, -0.2) is 0 Å². The molecule has 0 fully saturated rings. The van der Waals surface area contributed by atoms with Crippen LogP contribution in [0.5, 0.6) is 0 Å². The summed E-state index contributed by atoms with van der Waals surface area (Å²) in [7, 11) is 0. The maximum atomic E-state index is 8.90. The summed E-state index contributed by atoms with van der Waals surface area (Å²) in [6, 6.07) is 0. The van der Waals surface area contributed by atoms with Gasteiger partial charge in [-0.2, -0.15) is 0 Å². The largest absolute Gasteiger partial charge is 0.396 e. The summed E-state index contributed by atoms with van der Waals surface area (Å²) >= 11 is 0. The summed E-state index contributed by atoms with van der Waals surface area (Å²) in [5.41, 5.74) is 3.33. The quantitative estimate of drug-likeness (QED) is 0.698.